The third kappa shape index (κ3) is 8.76. The van der Waals surface area contributed by atoms with Crippen molar-refractivity contribution in [1.82, 2.24) is 9.80 Å². The van der Waals surface area contributed by atoms with Gasteiger partial charge in [-0.25, -0.2) is 4.79 Å². The Labute approximate surface area is 249 Å². The summed E-state index contributed by atoms with van der Waals surface area (Å²) in [5.74, 6) is -0.464. The highest BCUT2D eigenvalue weighted by Crippen LogP contribution is 2.39. The fourth-order valence-electron chi connectivity index (χ4n) is 6.25. The lowest BCUT2D eigenvalue weighted by atomic mass is 9.81. The number of carbonyl (C=O) groups is 2. The van der Waals surface area contributed by atoms with Crippen LogP contribution in [-0.4, -0.2) is 112 Å². The van der Waals surface area contributed by atoms with Gasteiger partial charge in [0.05, 0.1) is 39.1 Å². The van der Waals surface area contributed by atoms with Crippen molar-refractivity contribution in [3.63, 3.8) is 0 Å². The van der Waals surface area contributed by atoms with Crippen LogP contribution < -0.4 is 0 Å². The number of piperidine rings is 2. The number of amides is 1. The zero-order valence-electron chi connectivity index (χ0n) is 25.2. The highest BCUT2D eigenvalue weighted by Gasteiger charge is 2.40. The fraction of sp³-hybridized carbons (Fsp3) is 0.688. The van der Waals surface area contributed by atoms with E-state index in [9.17, 15) is 9.59 Å². The van der Waals surface area contributed by atoms with Crippen molar-refractivity contribution in [2.75, 3.05) is 72.9 Å². The molecule has 1 amide bonds. The zero-order chi connectivity index (χ0) is 29.7. The summed E-state index contributed by atoms with van der Waals surface area (Å²) in [5, 5.41) is 8.87. The van der Waals surface area contributed by atoms with E-state index >= 15 is 0 Å². The summed E-state index contributed by atoms with van der Waals surface area (Å²) < 4.78 is 28.3. The van der Waals surface area contributed by atoms with E-state index in [2.05, 4.69) is 4.90 Å². The first-order chi connectivity index (χ1) is 20.5. The predicted octanol–water partition coefficient (Wildman–Crippen LogP) is 3.34. The van der Waals surface area contributed by atoms with E-state index in [-0.39, 0.29) is 31.0 Å². The topological polar surface area (TPSA) is 107 Å². The molecule has 2 fully saturated rings. The number of benzene rings is 1. The molecular formula is C32H48N2O8. The minimum atomic E-state index is -0.621. The Morgan fingerprint density at radius 1 is 0.952 bits per heavy atom. The SMILES string of the molecule is CCO[C@@H]1OC(C(=O)N2CCC(N3CCCCC3)CC2)=C[C@H](c2ccc(C(=O)OC)cc2)[C@H]1CCOCCOCCO. The Hall–Kier alpha value is -2.50. The molecule has 0 aliphatic carbocycles. The van der Waals surface area contributed by atoms with E-state index in [1.165, 1.54) is 39.5 Å². The molecule has 234 valence electrons. The monoisotopic (exact) mass is 588 g/mol. The van der Waals surface area contributed by atoms with Crippen LogP contribution >= 0.6 is 0 Å². The van der Waals surface area contributed by atoms with Crippen molar-refractivity contribution in [2.24, 2.45) is 5.92 Å². The van der Waals surface area contributed by atoms with Gasteiger partial charge < -0.3 is 38.6 Å². The van der Waals surface area contributed by atoms with Crippen molar-refractivity contribution in [3.05, 3.63) is 47.2 Å². The van der Waals surface area contributed by atoms with Crippen molar-refractivity contribution in [1.29, 1.82) is 0 Å². The highest BCUT2D eigenvalue weighted by molar-refractivity contribution is 5.92. The largest absolute Gasteiger partial charge is 0.465 e. The maximum absolute atomic E-state index is 13.8. The van der Waals surface area contributed by atoms with Gasteiger partial charge in [-0.3, -0.25) is 4.79 Å². The summed E-state index contributed by atoms with van der Waals surface area (Å²) in [5.41, 5.74) is 1.43. The van der Waals surface area contributed by atoms with E-state index in [4.69, 9.17) is 28.8 Å². The minimum Gasteiger partial charge on any atom is -0.465 e. The summed E-state index contributed by atoms with van der Waals surface area (Å²) in [6.07, 6.45) is 7.75. The molecule has 0 saturated carbocycles. The van der Waals surface area contributed by atoms with Gasteiger partial charge in [-0.2, -0.15) is 0 Å². The summed E-state index contributed by atoms with van der Waals surface area (Å²) in [7, 11) is 1.36. The molecule has 1 aromatic rings. The molecule has 10 heteroatoms. The van der Waals surface area contributed by atoms with Gasteiger partial charge in [-0.1, -0.05) is 18.6 Å². The third-order valence-electron chi connectivity index (χ3n) is 8.51. The quantitative estimate of drug-likeness (QED) is 0.259. The van der Waals surface area contributed by atoms with Crippen molar-refractivity contribution < 1.29 is 38.4 Å². The summed E-state index contributed by atoms with van der Waals surface area (Å²) >= 11 is 0. The number of allylic oxidation sites excluding steroid dienone is 1. The maximum atomic E-state index is 13.8. The van der Waals surface area contributed by atoms with Crippen LogP contribution in [0.5, 0.6) is 0 Å². The standard InChI is InChI=1S/C32H48N2O8/c1-3-41-32-27(13-19-39-21-22-40-20-18-35)28(24-7-9-25(10-8-24)31(37)38-2)23-29(42-32)30(36)34-16-11-26(12-17-34)33-14-5-4-6-15-33/h7-10,23,26-28,32,35H,3-6,11-22H2,1-2H3/t27-,28-,32-/m1/s1. The second-order valence-corrected chi connectivity index (χ2v) is 11.1. The van der Waals surface area contributed by atoms with Gasteiger partial charge in [0.15, 0.2) is 5.76 Å². The lowest BCUT2D eigenvalue weighted by Crippen LogP contribution is -2.49. The Balaban J connectivity index is 1.49. The lowest BCUT2D eigenvalue weighted by Gasteiger charge is -2.41. The van der Waals surface area contributed by atoms with E-state index in [1.807, 2.05) is 30.0 Å². The van der Waals surface area contributed by atoms with Crippen LogP contribution in [0.4, 0.5) is 0 Å². The van der Waals surface area contributed by atoms with Crippen LogP contribution in [0.15, 0.2) is 36.1 Å². The molecule has 1 N–H and O–H groups in total. The first-order valence-corrected chi connectivity index (χ1v) is 15.5. The van der Waals surface area contributed by atoms with Gasteiger partial charge in [0.1, 0.15) is 0 Å². The van der Waals surface area contributed by atoms with E-state index < -0.39 is 12.3 Å². The molecule has 0 aromatic heterocycles. The van der Waals surface area contributed by atoms with Crippen LogP contribution in [0.2, 0.25) is 0 Å². The van der Waals surface area contributed by atoms with Crippen LogP contribution in [0.3, 0.4) is 0 Å². The number of esters is 1. The number of nitrogens with zero attached hydrogens (tertiary/aromatic N) is 2. The Morgan fingerprint density at radius 3 is 2.29 bits per heavy atom. The Kier molecular flexibility index (Phi) is 13.1. The van der Waals surface area contributed by atoms with Gasteiger partial charge in [0, 0.05) is 44.2 Å². The van der Waals surface area contributed by atoms with Crippen LogP contribution in [0, 0.1) is 5.92 Å². The third-order valence-corrected chi connectivity index (χ3v) is 8.51. The molecule has 3 heterocycles. The second-order valence-electron chi connectivity index (χ2n) is 11.1. The number of ether oxygens (including phenoxy) is 5. The molecule has 3 aliphatic heterocycles. The predicted molar refractivity (Wildman–Crippen MR) is 157 cm³/mol. The van der Waals surface area contributed by atoms with Gasteiger partial charge in [0.2, 0.25) is 6.29 Å². The Morgan fingerprint density at radius 2 is 1.64 bits per heavy atom. The van der Waals surface area contributed by atoms with Gasteiger partial charge in [-0.15, -0.1) is 0 Å². The number of aliphatic hydroxyl groups excluding tert-OH is 1. The van der Waals surface area contributed by atoms with Crippen molar-refractivity contribution >= 4 is 11.9 Å². The fourth-order valence-corrected chi connectivity index (χ4v) is 6.25. The summed E-state index contributed by atoms with van der Waals surface area (Å²) in [4.78, 5) is 30.3. The molecule has 0 bridgehead atoms. The molecule has 42 heavy (non-hydrogen) atoms. The van der Waals surface area contributed by atoms with Gasteiger partial charge in [0.25, 0.3) is 5.91 Å². The second kappa shape index (κ2) is 17.0. The highest BCUT2D eigenvalue weighted by atomic mass is 16.7. The maximum Gasteiger partial charge on any atom is 0.337 e. The average Bonchev–Trinajstić information content (AvgIpc) is 3.04. The van der Waals surface area contributed by atoms with E-state index in [1.54, 1.807) is 12.1 Å². The summed E-state index contributed by atoms with van der Waals surface area (Å²) in [6, 6.07) is 7.86. The molecular weight excluding hydrogens is 540 g/mol. The molecule has 1 aromatic carbocycles. The number of likely N-dealkylation sites (tertiary alicyclic amines) is 2. The zero-order valence-corrected chi connectivity index (χ0v) is 25.2. The number of rotatable bonds is 14. The number of aliphatic hydroxyl groups is 1. The van der Waals surface area contributed by atoms with Gasteiger partial charge in [-0.05, 0) is 75.9 Å². The summed E-state index contributed by atoms with van der Waals surface area (Å²) in [6.45, 7) is 7.67. The number of hydrogen-bond acceptors (Lipinski definition) is 9. The number of methoxy groups -OCH3 is 1. The molecule has 0 unspecified atom stereocenters. The minimum absolute atomic E-state index is 0.0181. The van der Waals surface area contributed by atoms with E-state index in [0.717, 1.165) is 18.4 Å². The molecule has 2 saturated heterocycles. The number of carbonyl (C=O) groups excluding carboxylic acids is 2. The molecule has 10 nitrogen and oxygen atoms in total. The molecule has 0 radical (unpaired) electrons. The molecule has 0 spiro atoms. The first kappa shape index (κ1) is 32.4. The van der Waals surface area contributed by atoms with E-state index in [0.29, 0.717) is 63.3 Å². The van der Waals surface area contributed by atoms with Crippen LogP contribution in [-0.2, 0) is 28.5 Å². The first-order valence-electron chi connectivity index (χ1n) is 15.5. The molecule has 3 atom stereocenters. The molecule has 3 aliphatic rings. The lowest BCUT2D eigenvalue weighted by molar-refractivity contribution is -0.172. The molecule has 4 rings (SSSR count). The average molecular weight is 589 g/mol. The van der Waals surface area contributed by atoms with Crippen molar-refractivity contribution in [2.45, 2.75) is 63.7 Å². The van der Waals surface area contributed by atoms with Crippen LogP contribution in [0.25, 0.3) is 0 Å². The number of hydrogen-bond donors (Lipinski definition) is 1. The Bertz CT molecular complexity index is 1000. The van der Waals surface area contributed by atoms with Gasteiger partial charge >= 0.3 is 5.97 Å². The van der Waals surface area contributed by atoms with Crippen LogP contribution in [0.1, 0.15) is 67.3 Å². The smallest absolute Gasteiger partial charge is 0.337 e. The normalized spacial score (nSPS) is 23.7. The van der Waals surface area contributed by atoms with Crippen molar-refractivity contribution in [3.8, 4) is 0 Å².